The number of unbranched alkanes of at least 4 members (excludes halogenated alkanes) is 1. The van der Waals surface area contributed by atoms with Crippen LogP contribution in [0.1, 0.15) is 52.9 Å². The van der Waals surface area contributed by atoms with E-state index in [1.165, 1.54) is 0 Å². The first-order valence-electron chi connectivity index (χ1n) is 11.6. The van der Waals surface area contributed by atoms with Crippen LogP contribution in [0.4, 0.5) is 10.1 Å². The molecule has 1 rings (SSSR count). The van der Waals surface area contributed by atoms with Gasteiger partial charge in [0.05, 0.1) is 36.8 Å². The summed E-state index contributed by atoms with van der Waals surface area (Å²) < 4.78 is 13.9. The molecule has 10 nitrogen and oxygen atoms in total. The summed E-state index contributed by atoms with van der Waals surface area (Å²) in [5.41, 5.74) is 13.4. The van der Waals surface area contributed by atoms with Gasteiger partial charge in [-0.15, -0.1) is 0 Å². The number of hydrogen-bond acceptors (Lipinski definition) is 10. The standard InChI is InChI=1S/C22H35Cl3FN7O3/c1-11(2)8-14(31-28)16(35)9-15(34)12(3)29-10-17(36)13(6-4-5-7-27)32-33-20-18(23)21(25)30-22(26)19(20)24/h11-14,29,31-32H,4-10,27-28H2,1-3H3,(H,30,33)/t12-,13-,14-/m0/s1. The molecule has 36 heavy (non-hydrogen) atoms. The van der Waals surface area contributed by atoms with E-state index >= 15 is 0 Å². The van der Waals surface area contributed by atoms with E-state index < -0.39 is 29.1 Å². The van der Waals surface area contributed by atoms with Crippen LogP contribution in [-0.4, -0.2) is 53.5 Å². The van der Waals surface area contributed by atoms with Gasteiger partial charge in [-0.1, -0.05) is 55.1 Å². The lowest BCUT2D eigenvalue weighted by Crippen LogP contribution is -2.48. The van der Waals surface area contributed by atoms with Gasteiger partial charge in [0.1, 0.15) is 10.0 Å². The molecule has 0 radical (unpaired) electrons. The molecular formula is C22H35Cl3FN7O3. The molecule has 0 aromatic carbocycles. The Bertz CT molecular complexity index is 882. The molecule has 0 bridgehead atoms. The normalized spacial score (nSPS) is 13.9. The number of ketones is 3. The minimum absolute atomic E-state index is 0.0630. The van der Waals surface area contributed by atoms with Crippen molar-refractivity contribution in [3.8, 4) is 0 Å². The van der Waals surface area contributed by atoms with Gasteiger partial charge in [0, 0.05) is 0 Å². The highest BCUT2D eigenvalue weighted by Crippen LogP contribution is 2.35. The fourth-order valence-electron chi connectivity index (χ4n) is 3.27. The van der Waals surface area contributed by atoms with E-state index in [1.807, 2.05) is 13.8 Å². The lowest BCUT2D eigenvalue weighted by Gasteiger charge is -2.22. The summed E-state index contributed by atoms with van der Waals surface area (Å²) in [6.45, 7) is 5.76. The molecule has 1 heterocycles. The fourth-order valence-corrected chi connectivity index (χ4v) is 3.85. The van der Waals surface area contributed by atoms with Gasteiger partial charge in [0.25, 0.3) is 0 Å². The fraction of sp³-hybridized carbons (Fsp3) is 0.636. The number of halogens is 4. The first-order valence-corrected chi connectivity index (χ1v) is 12.7. The van der Waals surface area contributed by atoms with Crippen LogP contribution in [0.5, 0.6) is 0 Å². The number of rotatable bonds is 18. The maximum absolute atomic E-state index is 13.9. The summed E-state index contributed by atoms with van der Waals surface area (Å²) in [5.74, 6) is 3.69. The topological polar surface area (TPSA) is 164 Å². The van der Waals surface area contributed by atoms with Gasteiger partial charge < -0.3 is 16.5 Å². The Kier molecular flexibility index (Phi) is 14.9. The molecule has 0 unspecified atom stereocenters. The number of Topliss-reactive ketones (excluding diaryl/α,β-unsaturated/α-hetero) is 3. The average molecular weight is 571 g/mol. The van der Waals surface area contributed by atoms with Crippen molar-refractivity contribution in [2.24, 2.45) is 17.5 Å². The first-order chi connectivity index (χ1) is 16.9. The Morgan fingerprint density at radius 3 is 2.25 bits per heavy atom. The number of nitrogens with two attached hydrogens (primary N) is 2. The minimum atomic E-state index is -1.02. The van der Waals surface area contributed by atoms with Crippen molar-refractivity contribution in [1.29, 1.82) is 0 Å². The van der Waals surface area contributed by atoms with Crippen molar-refractivity contribution in [3.05, 3.63) is 21.1 Å². The van der Waals surface area contributed by atoms with Crippen molar-refractivity contribution in [1.82, 2.24) is 21.2 Å². The molecule has 14 heteroatoms. The molecular weight excluding hydrogens is 536 g/mol. The van der Waals surface area contributed by atoms with Gasteiger partial charge >= 0.3 is 0 Å². The molecule has 1 aromatic heterocycles. The quantitative estimate of drug-likeness (QED) is 0.0508. The van der Waals surface area contributed by atoms with Gasteiger partial charge in [0.15, 0.2) is 22.5 Å². The predicted octanol–water partition coefficient (Wildman–Crippen LogP) is 2.55. The zero-order valence-corrected chi connectivity index (χ0v) is 22.9. The summed E-state index contributed by atoms with van der Waals surface area (Å²) in [6, 6.07) is -2.12. The summed E-state index contributed by atoms with van der Waals surface area (Å²) in [6.07, 6.45) is 1.89. The van der Waals surface area contributed by atoms with Gasteiger partial charge in [-0.25, -0.2) is 15.8 Å². The number of nitrogens with zero attached hydrogens (tertiary/aromatic N) is 1. The number of pyridine rings is 1. The van der Waals surface area contributed by atoms with E-state index in [1.54, 1.807) is 6.92 Å². The molecule has 0 spiro atoms. The van der Waals surface area contributed by atoms with Crippen LogP contribution >= 0.6 is 34.8 Å². The van der Waals surface area contributed by atoms with E-state index in [9.17, 15) is 18.8 Å². The number of hydrogen-bond donors (Lipinski definition) is 6. The van der Waals surface area contributed by atoms with Gasteiger partial charge in [-0.3, -0.25) is 20.2 Å². The number of nitrogens with one attached hydrogen (secondary N) is 4. The first kappa shape index (κ1) is 32.6. The summed E-state index contributed by atoms with van der Waals surface area (Å²) >= 11 is 17.8. The minimum Gasteiger partial charge on any atom is -0.330 e. The number of anilines is 1. The SMILES string of the molecule is CC(C)C[C@H](NN)C(=O)CC(=O)[C@H](C)NCC(=O)[C@H](CCCCN)NNc1c(Cl)c(F)nc(Cl)c1Cl. The average Bonchev–Trinajstić information content (AvgIpc) is 2.82. The Morgan fingerprint density at radius 1 is 1.00 bits per heavy atom. The van der Waals surface area contributed by atoms with Crippen molar-refractivity contribution in [2.45, 2.75) is 71.0 Å². The van der Waals surface area contributed by atoms with Crippen LogP contribution in [0.25, 0.3) is 0 Å². The Morgan fingerprint density at radius 2 is 1.67 bits per heavy atom. The monoisotopic (exact) mass is 569 g/mol. The third-order valence-corrected chi connectivity index (χ3v) is 6.50. The van der Waals surface area contributed by atoms with E-state index in [0.29, 0.717) is 32.2 Å². The van der Waals surface area contributed by atoms with E-state index in [-0.39, 0.29) is 52.1 Å². The predicted molar refractivity (Wildman–Crippen MR) is 140 cm³/mol. The third kappa shape index (κ3) is 10.5. The second kappa shape index (κ2) is 16.4. The molecule has 0 amide bonds. The van der Waals surface area contributed by atoms with Crippen molar-refractivity contribution < 1.29 is 18.8 Å². The second-order valence-corrected chi connectivity index (χ2v) is 9.94. The Balaban J connectivity index is 2.77. The van der Waals surface area contributed by atoms with Crippen LogP contribution in [0.3, 0.4) is 0 Å². The van der Waals surface area contributed by atoms with E-state index in [2.05, 4.69) is 26.6 Å². The van der Waals surface area contributed by atoms with Crippen molar-refractivity contribution in [3.63, 3.8) is 0 Å². The van der Waals surface area contributed by atoms with Crippen molar-refractivity contribution in [2.75, 3.05) is 18.5 Å². The van der Waals surface area contributed by atoms with Crippen molar-refractivity contribution >= 4 is 57.8 Å². The molecule has 1 aromatic rings. The second-order valence-electron chi connectivity index (χ2n) is 8.83. The molecule has 0 saturated carbocycles. The molecule has 0 aliphatic rings. The molecule has 0 saturated heterocycles. The molecule has 204 valence electrons. The maximum Gasteiger partial charge on any atom is 0.235 e. The smallest absolute Gasteiger partial charge is 0.235 e. The van der Waals surface area contributed by atoms with Gasteiger partial charge in [0.2, 0.25) is 5.95 Å². The highest BCUT2D eigenvalue weighted by atomic mass is 35.5. The summed E-state index contributed by atoms with van der Waals surface area (Å²) in [7, 11) is 0. The van der Waals surface area contributed by atoms with Gasteiger partial charge in [-0.05, 0) is 38.6 Å². The molecule has 0 aliphatic heterocycles. The molecule has 0 aliphatic carbocycles. The lowest BCUT2D eigenvalue weighted by atomic mass is 9.96. The van der Waals surface area contributed by atoms with Crippen LogP contribution in [0.15, 0.2) is 0 Å². The van der Waals surface area contributed by atoms with Crippen LogP contribution < -0.4 is 33.2 Å². The van der Waals surface area contributed by atoms with E-state index in [0.717, 1.165) is 0 Å². The highest BCUT2D eigenvalue weighted by molar-refractivity contribution is 6.45. The van der Waals surface area contributed by atoms with E-state index in [4.69, 9.17) is 46.4 Å². The molecule has 0 fully saturated rings. The lowest BCUT2D eigenvalue weighted by molar-refractivity contribution is -0.129. The zero-order valence-electron chi connectivity index (χ0n) is 20.6. The number of carbonyl (C=O) groups is 3. The Hall–Kier alpha value is -1.44. The van der Waals surface area contributed by atoms with Crippen LogP contribution in [-0.2, 0) is 14.4 Å². The maximum atomic E-state index is 13.9. The van der Waals surface area contributed by atoms with Gasteiger partial charge in [-0.2, -0.15) is 4.39 Å². The number of carbonyl (C=O) groups excluding carboxylic acids is 3. The zero-order chi connectivity index (χ0) is 27.4. The largest absolute Gasteiger partial charge is 0.330 e. The molecule has 8 N–H and O–H groups in total. The number of aromatic nitrogens is 1. The number of hydrazine groups is 2. The summed E-state index contributed by atoms with van der Waals surface area (Å²) in [5, 5.41) is 2.05. The highest BCUT2D eigenvalue weighted by Gasteiger charge is 2.25. The Labute approximate surface area is 225 Å². The third-order valence-electron chi connectivity index (χ3n) is 5.42. The van der Waals surface area contributed by atoms with Crippen LogP contribution in [0, 0.1) is 11.9 Å². The summed E-state index contributed by atoms with van der Waals surface area (Å²) in [4.78, 5) is 41.2. The van der Waals surface area contributed by atoms with Crippen LogP contribution in [0.2, 0.25) is 15.2 Å². The molecule has 3 atom stereocenters.